The Morgan fingerprint density at radius 1 is 1.39 bits per heavy atom. The van der Waals surface area contributed by atoms with Crippen molar-refractivity contribution in [1.29, 1.82) is 0 Å². The van der Waals surface area contributed by atoms with Gasteiger partial charge in [0.05, 0.1) is 6.04 Å². The first kappa shape index (κ1) is 17.6. The largest absolute Gasteiger partial charge is 0.488 e. The normalized spacial score (nSPS) is 15.9. The van der Waals surface area contributed by atoms with Gasteiger partial charge in [-0.1, -0.05) is 32.9 Å². The number of para-hydroxylation sites is 1. The van der Waals surface area contributed by atoms with Crippen LogP contribution in [-0.4, -0.2) is 37.2 Å². The summed E-state index contributed by atoms with van der Waals surface area (Å²) < 4.78 is 19.2. The van der Waals surface area contributed by atoms with Crippen molar-refractivity contribution < 1.29 is 13.9 Å². The number of urea groups is 1. The molecule has 0 radical (unpaired) electrons. The number of carbonyl (C=O) groups is 1. The lowest BCUT2D eigenvalue weighted by atomic mass is 9.87. The summed E-state index contributed by atoms with van der Waals surface area (Å²) in [4.78, 5) is 14.0. The molecule has 5 heteroatoms. The van der Waals surface area contributed by atoms with Gasteiger partial charge in [0.2, 0.25) is 0 Å². The lowest BCUT2D eigenvalue weighted by Crippen LogP contribution is -2.51. The molecule has 23 heavy (non-hydrogen) atoms. The summed E-state index contributed by atoms with van der Waals surface area (Å²) in [6.07, 6.45) is 2.41. The van der Waals surface area contributed by atoms with Crippen LogP contribution in [0.2, 0.25) is 0 Å². The first-order chi connectivity index (χ1) is 10.8. The molecular weight excluding hydrogens is 295 g/mol. The zero-order chi connectivity index (χ0) is 17.0. The van der Waals surface area contributed by atoms with E-state index in [1.54, 1.807) is 23.1 Å². The van der Waals surface area contributed by atoms with Gasteiger partial charge in [-0.05, 0) is 36.3 Å². The van der Waals surface area contributed by atoms with Crippen LogP contribution in [0.5, 0.6) is 5.75 Å². The predicted molar refractivity (Wildman–Crippen MR) is 89.0 cm³/mol. The van der Waals surface area contributed by atoms with Crippen LogP contribution >= 0.6 is 0 Å². The molecule has 1 unspecified atom stereocenters. The number of nitrogens with one attached hydrogen (secondary N) is 1. The Morgan fingerprint density at radius 2 is 2.04 bits per heavy atom. The maximum absolute atomic E-state index is 13.7. The van der Waals surface area contributed by atoms with Crippen LogP contribution in [0, 0.1) is 17.2 Å². The van der Waals surface area contributed by atoms with Gasteiger partial charge >= 0.3 is 6.03 Å². The van der Waals surface area contributed by atoms with E-state index in [0.717, 1.165) is 6.54 Å². The number of rotatable bonds is 6. The highest BCUT2D eigenvalue weighted by Crippen LogP contribution is 2.29. The third-order valence-electron chi connectivity index (χ3n) is 4.16. The smallest absolute Gasteiger partial charge is 0.317 e. The fraction of sp³-hybridized carbons (Fsp3) is 0.611. The van der Waals surface area contributed by atoms with E-state index >= 15 is 0 Å². The lowest BCUT2D eigenvalue weighted by molar-refractivity contribution is 0.153. The lowest BCUT2D eigenvalue weighted by Gasteiger charge is -2.33. The van der Waals surface area contributed by atoms with E-state index in [1.807, 2.05) is 27.8 Å². The van der Waals surface area contributed by atoms with Gasteiger partial charge < -0.3 is 15.0 Å². The van der Waals surface area contributed by atoms with Gasteiger partial charge in [-0.15, -0.1) is 0 Å². The number of carbonyl (C=O) groups excluding carboxylic acids is 1. The van der Waals surface area contributed by atoms with Gasteiger partial charge in [-0.2, -0.15) is 0 Å². The standard InChI is InChI=1S/C18H27FN2O2/c1-18(2,3)16(12-23-15-8-6-5-7-14(15)19)20-17(22)21(4)11-13-9-10-13/h5-8,13,16H,9-12H2,1-4H3,(H,20,22). The van der Waals surface area contributed by atoms with Crippen molar-refractivity contribution in [3.05, 3.63) is 30.1 Å². The average Bonchev–Trinajstić information content (AvgIpc) is 3.27. The van der Waals surface area contributed by atoms with Gasteiger partial charge in [0, 0.05) is 13.6 Å². The van der Waals surface area contributed by atoms with Crippen molar-refractivity contribution in [2.24, 2.45) is 11.3 Å². The Labute approximate surface area is 138 Å². The maximum Gasteiger partial charge on any atom is 0.317 e. The quantitative estimate of drug-likeness (QED) is 0.868. The number of halogens is 1. The molecule has 1 aliphatic carbocycles. The van der Waals surface area contributed by atoms with Crippen molar-refractivity contribution in [3.8, 4) is 5.75 Å². The first-order valence-electron chi connectivity index (χ1n) is 8.16. The molecule has 0 aliphatic heterocycles. The second-order valence-corrected chi connectivity index (χ2v) is 7.43. The zero-order valence-electron chi connectivity index (χ0n) is 14.4. The second kappa shape index (κ2) is 7.20. The van der Waals surface area contributed by atoms with Crippen LogP contribution < -0.4 is 10.1 Å². The number of amides is 2. The fourth-order valence-electron chi connectivity index (χ4n) is 2.27. The van der Waals surface area contributed by atoms with Crippen LogP contribution in [0.3, 0.4) is 0 Å². The van der Waals surface area contributed by atoms with E-state index in [-0.39, 0.29) is 29.8 Å². The van der Waals surface area contributed by atoms with E-state index in [1.165, 1.54) is 18.9 Å². The van der Waals surface area contributed by atoms with Crippen LogP contribution in [0.4, 0.5) is 9.18 Å². The van der Waals surface area contributed by atoms with Gasteiger partial charge in [-0.25, -0.2) is 9.18 Å². The minimum absolute atomic E-state index is 0.103. The molecule has 1 aromatic carbocycles. The predicted octanol–water partition coefficient (Wildman–Crippen LogP) is 3.67. The fourth-order valence-corrected chi connectivity index (χ4v) is 2.27. The molecule has 1 aromatic rings. The van der Waals surface area contributed by atoms with Crippen LogP contribution in [-0.2, 0) is 0 Å². The van der Waals surface area contributed by atoms with E-state index < -0.39 is 5.82 Å². The molecule has 1 N–H and O–H groups in total. The SMILES string of the molecule is CN(CC1CC1)C(=O)NC(COc1ccccc1F)C(C)(C)C. The highest BCUT2D eigenvalue weighted by atomic mass is 19.1. The summed E-state index contributed by atoms with van der Waals surface area (Å²) in [6, 6.07) is 5.99. The molecule has 0 bridgehead atoms. The summed E-state index contributed by atoms with van der Waals surface area (Å²) >= 11 is 0. The summed E-state index contributed by atoms with van der Waals surface area (Å²) in [5.74, 6) is 0.466. The Bertz CT molecular complexity index is 538. The number of hydrogen-bond acceptors (Lipinski definition) is 2. The Morgan fingerprint density at radius 3 is 2.61 bits per heavy atom. The summed E-state index contributed by atoms with van der Waals surface area (Å²) in [5, 5.41) is 3.02. The van der Waals surface area contributed by atoms with Crippen molar-refractivity contribution in [1.82, 2.24) is 10.2 Å². The third kappa shape index (κ3) is 5.41. The Balaban J connectivity index is 1.94. The first-order valence-corrected chi connectivity index (χ1v) is 8.16. The van der Waals surface area contributed by atoms with Crippen molar-refractivity contribution in [3.63, 3.8) is 0 Å². The van der Waals surface area contributed by atoms with Crippen molar-refractivity contribution in [2.45, 2.75) is 39.7 Å². The average molecular weight is 322 g/mol. The molecule has 0 heterocycles. The highest BCUT2D eigenvalue weighted by molar-refractivity contribution is 5.74. The zero-order valence-corrected chi connectivity index (χ0v) is 14.4. The molecule has 2 amide bonds. The molecule has 1 aliphatic rings. The third-order valence-corrected chi connectivity index (χ3v) is 4.16. The van der Waals surface area contributed by atoms with E-state index in [9.17, 15) is 9.18 Å². The minimum Gasteiger partial charge on any atom is -0.488 e. The van der Waals surface area contributed by atoms with Gasteiger partial charge in [-0.3, -0.25) is 0 Å². The number of nitrogens with zero attached hydrogens (tertiary/aromatic N) is 1. The van der Waals surface area contributed by atoms with E-state index in [0.29, 0.717) is 5.92 Å². The molecule has 4 nitrogen and oxygen atoms in total. The van der Waals surface area contributed by atoms with Crippen LogP contribution in [0.1, 0.15) is 33.6 Å². The summed E-state index contributed by atoms with van der Waals surface area (Å²) in [7, 11) is 1.81. The number of ether oxygens (including phenoxy) is 1. The molecule has 1 atom stereocenters. The molecule has 0 spiro atoms. The molecule has 0 saturated heterocycles. The molecule has 0 aromatic heterocycles. The van der Waals surface area contributed by atoms with E-state index in [4.69, 9.17) is 4.74 Å². The van der Waals surface area contributed by atoms with Crippen LogP contribution in [0.15, 0.2) is 24.3 Å². The number of benzene rings is 1. The topological polar surface area (TPSA) is 41.6 Å². The number of hydrogen-bond donors (Lipinski definition) is 1. The molecule has 1 saturated carbocycles. The molecule has 2 rings (SSSR count). The van der Waals surface area contributed by atoms with Crippen molar-refractivity contribution in [2.75, 3.05) is 20.2 Å². The summed E-state index contributed by atoms with van der Waals surface area (Å²) in [5.41, 5.74) is -0.193. The Hall–Kier alpha value is -1.78. The minimum atomic E-state index is -0.391. The Kier molecular flexibility index (Phi) is 5.50. The van der Waals surface area contributed by atoms with Crippen molar-refractivity contribution >= 4 is 6.03 Å². The van der Waals surface area contributed by atoms with Gasteiger partial charge in [0.1, 0.15) is 6.61 Å². The monoisotopic (exact) mass is 322 g/mol. The van der Waals surface area contributed by atoms with Gasteiger partial charge in [0.15, 0.2) is 11.6 Å². The van der Waals surface area contributed by atoms with Gasteiger partial charge in [0.25, 0.3) is 0 Å². The molecule has 1 fully saturated rings. The van der Waals surface area contributed by atoms with Crippen LogP contribution in [0.25, 0.3) is 0 Å². The summed E-state index contributed by atoms with van der Waals surface area (Å²) in [6.45, 7) is 7.11. The molecular formula is C18H27FN2O2. The second-order valence-electron chi connectivity index (χ2n) is 7.43. The van der Waals surface area contributed by atoms with E-state index in [2.05, 4.69) is 5.32 Å². The molecule has 128 valence electrons. The maximum atomic E-state index is 13.7. The highest BCUT2D eigenvalue weighted by Gasteiger charge is 2.30.